The molecule has 0 bridgehead atoms. The van der Waals surface area contributed by atoms with Crippen molar-refractivity contribution in [3.63, 3.8) is 0 Å². The smallest absolute Gasteiger partial charge is 0.161 e. The first kappa shape index (κ1) is 10.4. The van der Waals surface area contributed by atoms with Gasteiger partial charge in [0, 0.05) is 18.2 Å². The summed E-state index contributed by atoms with van der Waals surface area (Å²) in [5, 5.41) is 2.81. The molecule has 3 heteroatoms. The van der Waals surface area contributed by atoms with Crippen molar-refractivity contribution >= 4 is 17.5 Å². The van der Waals surface area contributed by atoms with Crippen molar-refractivity contribution in [3.05, 3.63) is 35.7 Å². The van der Waals surface area contributed by atoms with E-state index < -0.39 is 0 Å². The molecular formula is C11H12FNO. The fourth-order valence-electron chi connectivity index (χ4n) is 1.36. The fourth-order valence-corrected chi connectivity index (χ4v) is 1.36. The molecule has 0 aliphatic heterocycles. The third-order valence-electron chi connectivity index (χ3n) is 2.03. The summed E-state index contributed by atoms with van der Waals surface area (Å²) < 4.78 is 13.3. The Morgan fingerprint density at radius 3 is 2.64 bits per heavy atom. The lowest BCUT2D eigenvalue weighted by Crippen LogP contribution is -2.03. The van der Waals surface area contributed by atoms with E-state index in [4.69, 9.17) is 0 Å². The van der Waals surface area contributed by atoms with Gasteiger partial charge >= 0.3 is 0 Å². The minimum absolute atomic E-state index is 0.0996. The molecule has 0 saturated carbocycles. The highest BCUT2D eigenvalue weighted by atomic mass is 19.1. The summed E-state index contributed by atoms with van der Waals surface area (Å²) in [6.07, 6.45) is 1.40. The van der Waals surface area contributed by atoms with Gasteiger partial charge in [-0.25, -0.2) is 4.39 Å². The van der Waals surface area contributed by atoms with Crippen molar-refractivity contribution in [2.75, 3.05) is 12.4 Å². The van der Waals surface area contributed by atoms with Crippen molar-refractivity contribution in [3.8, 4) is 0 Å². The molecule has 74 valence electrons. The van der Waals surface area contributed by atoms with Gasteiger partial charge in [-0.15, -0.1) is 0 Å². The molecule has 1 aromatic rings. The van der Waals surface area contributed by atoms with Gasteiger partial charge in [-0.05, 0) is 19.1 Å². The number of rotatable bonds is 3. The van der Waals surface area contributed by atoms with E-state index in [9.17, 15) is 9.18 Å². The number of Topliss-reactive ketones (excluding diaryl/α,β-unsaturated/α-hetero) is 1. The van der Waals surface area contributed by atoms with Gasteiger partial charge in [-0.3, -0.25) is 4.79 Å². The lowest BCUT2D eigenvalue weighted by Gasteiger charge is -2.10. The maximum atomic E-state index is 13.3. The van der Waals surface area contributed by atoms with Crippen LogP contribution >= 0.6 is 0 Å². The topological polar surface area (TPSA) is 29.1 Å². The minimum Gasteiger partial charge on any atom is -0.387 e. The zero-order valence-corrected chi connectivity index (χ0v) is 8.23. The monoisotopic (exact) mass is 193 g/mol. The fraction of sp³-hybridized carbons (Fsp3) is 0.182. The standard InChI is InChI=1S/C11H12FNO/c1-4-8-10(12)6-5-9(7(2)14)11(8)13-3/h4-6,13H,1H2,2-3H3. The van der Waals surface area contributed by atoms with E-state index >= 15 is 0 Å². The second kappa shape index (κ2) is 4.05. The molecule has 1 aromatic carbocycles. The van der Waals surface area contributed by atoms with E-state index in [1.54, 1.807) is 7.05 Å². The molecular weight excluding hydrogens is 181 g/mol. The summed E-state index contributed by atoms with van der Waals surface area (Å²) in [6.45, 7) is 4.95. The van der Waals surface area contributed by atoms with Gasteiger partial charge in [-0.1, -0.05) is 12.7 Å². The second-order valence-corrected chi connectivity index (χ2v) is 2.89. The molecule has 0 fully saturated rings. The lowest BCUT2D eigenvalue weighted by atomic mass is 10.0. The van der Waals surface area contributed by atoms with E-state index in [1.807, 2.05) is 0 Å². The van der Waals surface area contributed by atoms with Crippen LogP contribution in [0.1, 0.15) is 22.8 Å². The van der Waals surface area contributed by atoms with Crippen LogP contribution in [0.15, 0.2) is 18.7 Å². The van der Waals surface area contributed by atoms with E-state index in [0.29, 0.717) is 16.8 Å². The zero-order valence-electron chi connectivity index (χ0n) is 8.23. The van der Waals surface area contributed by atoms with Gasteiger partial charge in [-0.2, -0.15) is 0 Å². The molecule has 0 aliphatic carbocycles. The van der Waals surface area contributed by atoms with E-state index in [0.717, 1.165) is 0 Å². The quantitative estimate of drug-likeness (QED) is 0.748. The van der Waals surface area contributed by atoms with E-state index in [2.05, 4.69) is 11.9 Å². The molecule has 0 heterocycles. The van der Waals surface area contributed by atoms with Crippen molar-refractivity contribution in [1.82, 2.24) is 0 Å². The molecule has 0 aliphatic rings. The molecule has 0 radical (unpaired) electrons. The zero-order chi connectivity index (χ0) is 10.7. The van der Waals surface area contributed by atoms with Gasteiger partial charge in [0.2, 0.25) is 0 Å². The molecule has 1 N–H and O–H groups in total. The van der Waals surface area contributed by atoms with Crippen LogP contribution in [0, 0.1) is 5.82 Å². The van der Waals surface area contributed by atoms with Crippen molar-refractivity contribution in [2.45, 2.75) is 6.92 Å². The third kappa shape index (κ3) is 1.66. The number of halogens is 1. The number of carbonyl (C=O) groups excluding carboxylic acids is 1. The van der Waals surface area contributed by atoms with Crippen molar-refractivity contribution in [2.24, 2.45) is 0 Å². The lowest BCUT2D eigenvalue weighted by molar-refractivity contribution is 0.101. The Morgan fingerprint density at radius 2 is 2.21 bits per heavy atom. The molecule has 0 unspecified atom stereocenters. The average molecular weight is 193 g/mol. The Kier molecular flexibility index (Phi) is 3.02. The van der Waals surface area contributed by atoms with Crippen molar-refractivity contribution < 1.29 is 9.18 Å². The van der Waals surface area contributed by atoms with Crippen LogP contribution < -0.4 is 5.32 Å². The first-order valence-corrected chi connectivity index (χ1v) is 4.25. The number of hydrogen-bond acceptors (Lipinski definition) is 2. The van der Waals surface area contributed by atoms with Crippen LogP contribution in [0.3, 0.4) is 0 Å². The maximum absolute atomic E-state index is 13.3. The normalized spacial score (nSPS) is 9.64. The number of hydrogen-bond donors (Lipinski definition) is 1. The Bertz CT molecular complexity index is 385. The molecule has 2 nitrogen and oxygen atoms in total. The van der Waals surface area contributed by atoms with Crippen LogP contribution in [-0.2, 0) is 0 Å². The van der Waals surface area contributed by atoms with Gasteiger partial charge < -0.3 is 5.32 Å². The van der Waals surface area contributed by atoms with Gasteiger partial charge in [0.1, 0.15) is 5.82 Å². The summed E-state index contributed by atoms with van der Waals surface area (Å²) in [6, 6.07) is 2.74. The predicted octanol–water partition coefficient (Wildman–Crippen LogP) is 2.71. The Balaban J connectivity index is 3.48. The number of nitrogens with one attached hydrogen (secondary N) is 1. The van der Waals surface area contributed by atoms with Crippen LogP contribution in [0.25, 0.3) is 6.08 Å². The Morgan fingerprint density at radius 1 is 1.57 bits per heavy atom. The molecule has 0 amide bonds. The second-order valence-electron chi connectivity index (χ2n) is 2.89. The predicted molar refractivity (Wildman–Crippen MR) is 56.0 cm³/mol. The highest BCUT2D eigenvalue weighted by molar-refractivity contribution is 6.01. The molecule has 0 aromatic heterocycles. The number of carbonyl (C=O) groups is 1. The van der Waals surface area contributed by atoms with Crippen LogP contribution in [0.5, 0.6) is 0 Å². The van der Waals surface area contributed by atoms with Crippen LogP contribution in [0.2, 0.25) is 0 Å². The number of ketones is 1. The summed E-state index contributed by atoms with van der Waals surface area (Å²) in [7, 11) is 1.65. The van der Waals surface area contributed by atoms with Gasteiger partial charge in [0.05, 0.1) is 5.69 Å². The largest absolute Gasteiger partial charge is 0.387 e. The van der Waals surface area contributed by atoms with Crippen LogP contribution in [0.4, 0.5) is 10.1 Å². The number of benzene rings is 1. The first-order valence-electron chi connectivity index (χ1n) is 4.25. The summed E-state index contributed by atoms with van der Waals surface area (Å²) in [4.78, 5) is 11.2. The molecule has 14 heavy (non-hydrogen) atoms. The highest BCUT2D eigenvalue weighted by Crippen LogP contribution is 2.25. The summed E-state index contributed by atoms with van der Waals surface area (Å²) in [5.41, 5.74) is 1.30. The van der Waals surface area contributed by atoms with Gasteiger partial charge in [0.15, 0.2) is 5.78 Å². The first-order chi connectivity index (χ1) is 6.61. The molecule has 1 rings (SSSR count). The summed E-state index contributed by atoms with van der Waals surface area (Å²) >= 11 is 0. The molecule has 0 spiro atoms. The van der Waals surface area contributed by atoms with E-state index in [-0.39, 0.29) is 11.6 Å². The van der Waals surface area contributed by atoms with E-state index in [1.165, 1.54) is 25.1 Å². The SMILES string of the molecule is C=Cc1c(F)ccc(C(C)=O)c1NC. The van der Waals surface area contributed by atoms with Gasteiger partial charge in [0.25, 0.3) is 0 Å². The molecule has 0 atom stereocenters. The Labute approximate surface area is 82.4 Å². The van der Waals surface area contributed by atoms with Crippen molar-refractivity contribution in [1.29, 1.82) is 0 Å². The highest BCUT2D eigenvalue weighted by Gasteiger charge is 2.12. The van der Waals surface area contributed by atoms with Crippen LogP contribution in [-0.4, -0.2) is 12.8 Å². The number of anilines is 1. The maximum Gasteiger partial charge on any atom is 0.161 e. The third-order valence-corrected chi connectivity index (χ3v) is 2.03. The summed E-state index contributed by atoms with van der Waals surface area (Å²) in [5.74, 6) is -0.480. The average Bonchev–Trinajstić information content (AvgIpc) is 2.16. The Hall–Kier alpha value is -1.64. The minimum atomic E-state index is -0.380. The molecule has 0 saturated heterocycles.